The number of alkyl halides is 3. The smallest absolute Gasteiger partial charge is 0.344 e. The van der Waals surface area contributed by atoms with E-state index in [2.05, 4.69) is 10.3 Å². The van der Waals surface area contributed by atoms with Crippen LogP contribution >= 0.6 is 11.6 Å². The third kappa shape index (κ3) is 4.32. The van der Waals surface area contributed by atoms with Gasteiger partial charge in [-0.2, -0.15) is 13.2 Å². The second-order valence-electron chi connectivity index (χ2n) is 6.72. The minimum Gasteiger partial charge on any atom is -0.344 e. The normalized spacial score (nSPS) is 11.7. The Morgan fingerprint density at radius 2 is 2.03 bits per heavy atom. The molecule has 29 heavy (non-hydrogen) atoms. The van der Waals surface area contributed by atoms with Gasteiger partial charge in [-0.1, -0.05) is 11.6 Å². The topological polar surface area (TPSA) is 50.2 Å². The summed E-state index contributed by atoms with van der Waals surface area (Å²) < 4.78 is 40.7. The zero-order chi connectivity index (χ0) is 21.3. The molecule has 5 nitrogen and oxygen atoms in total. The lowest BCUT2D eigenvalue weighted by Crippen LogP contribution is -2.29. The van der Waals surface area contributed by atoms with Crippen molar-refractivity contribution in [1.29, 1.82) is 0 Å². The molecule has 1 aromatic carbocycles. The lowest BCUT2D eigenvalue weighted by atomic mass is 10.1. The summed E-state index contributed by atoms with van der Waals surface area (Å²) in [6.07, 6.45) is -1.12. The van der Waals surface area contributed by atoms with E-state index in [1.807, 2.05) is 6.92 Å². The van der Waals surface area contributed by atoms with Gasteiger partial charge in [0.25, 0.3) is 0 Å². The van der Waals surface area contributed by atoms with Crippen molar-refractivity contribution < 1.29 is 18.0 Å². The average molecular weight is 425 g/mol. The molecule has 1 amide bonds. The van der Waals surface area contributed by atoms with Gasteiger partial charge in [-0.05, 0) is 43.7 Å². The number of hydrogen-bond donors (Lipinski definition) is 1. The van der Waals surface area contributed by atoms with E-state index in [1.54, 1.807) is 48.0 Å². The Hall–Kier alpha value is -2.74. The molecule has 0 aliphatic carbocycles. The van der Waals surface area contributed by atoms with Gasteiger partial charge < -0.3 is 14.8 Å². The Balaban J connectivity index is 1.95. The number of benzene rings is 1. The van der Waals surface area contributed by atoms with Crippen LogP contribution in [0.4, 0.5) is 24.7 Å². The molecule has 0 unspecified atom stereocenters. The molecule has 2 aromatic heterocycles. The summed E-state index contributed by atoms with van der Waals surface area (Å²) in [4.78, 5) is 18.1. The predicted molar refractivity (Wildman–Crippen MR) is 108 cm³/mol. The van der Waals surface area contributed by atoms with Crippen LogP contribution in [0.2, 0.25) is 5.02 Å². The minimum absolute atomic E-state index is 0.0297. The molecular weight excluding hydrogens is 405 g/mol. The highest BCUT2D eigenvalue weighted by Gasteiger charge is 2.31. The maximum absolute atomic E-state index is 13.0. The van der Waals surface area contributed by atoms with E-state index >= 15 is 0 Å². The highest BCUT2D eigenvalue weighted by atomic mass is 35.5. The van der Waals surface area contributed by atoms with Crippen LogP contribution in [-0.2, 0) is 17.5 Å². The van der Waals surface area contributed by atoms with E-state index in [0.717, 1.165) is 23.0 Å². The first-order chi connectivity index (χ1) is 13.6. The maximum atomic E-state index is 13.0. The van der Waals surface area contributed by atoms with Crippen molar-refractivity contribution in [2.24, 2.45) is 0 Å². The van der Waals surface area contributed by atoms with Gasteiger partial charge in [-0.15, -0.1) is 0 Å². The maximum Gasteiger partial charge on any atom is 0.416 e. The molecule has 0 saturated carbocycles. The van der Waals surface area contributed by atoms with E-state index in [9.17, 15) is 18.0 Å². The Morgan fingerprint density at radius 1 is 1.31 bits per heavy atom. The number of aromatic nitrogens is 2. The van der Waals surface area contributed by atoms with E-state index in [1.165, 1.54) is 0 Å². The number of pyridine rings is 1. The lowest BCUT2D eigenvalue weighted by Gasteiger charge is -2.16. The van der Waals surface area contributed by atoms with Gasteiger partial charge in [0, 0.05) is 31.4 Å². The Bertz CT molecular complexity index is 1040. The van der Waals surface area contributed by atoms with Gasteiger partial charge in [0.1, 0.15) is 12.4 Å². The Morgan fingerprint density at radius 3 is 2.66 bits per heavy atom. The molecule has 0 radical (unpaired) electrons. The first-order valence-corrected chi connectivity index (χ1v) is 9.31. The standard InChI is InChI=1S/C20H20ClF3N4O/c1-4-27(3)17(29)11-28-8-6-14-16(28)5-7-25-19(14)26-18-12(2)9-13(10-15(18)21)20(22,23)24/h5-10H,4,11H2,1-3H3,(H,25,26). The van der Waals surface area contributed by atoms with Crippen LogP contribution in [0.5, 0.6) is 0 Å². The van der Waals surface area contributed by atoms with Crippen LogP contribution < -0.4 is 5.32 Å². The van der Waals surface area contributed by atoms with Gasteiger partial charge in [0.05, 0.1) is 21.8 Å². The van der Waals surface area contributed by atoms with Gasteiger partial charge in [0.2, 0.25) is 5.91 Å². The molecule has 0 aliphatic heterocycles. The number of likely N-dealkylation sites (N-methyl/N-ethyl adjacent to an activating group) is 1. The van der Waals surface area contributed by atoms with Crippen molar-refractivity contribution >= 4 is 39.9 Å². The van der Waals surface area contributed by atoms with Crippen molar-refractivity contribution in [1.82, 2.24) is 14.5 Å². The van der Waals surface area contributed by atoms with E-state index in [4.69, 9.17) is 11.6 Å². The third-order valence-corrected chi connectivity index (χ3v) is 5.06. The molecular formula is C20H20ClF3N4O. The third-order valence-electron chi connectivity index (χ3n) is 4.76. The molecule has 3 aromatic rings. The van der Waals surface area contributed by atoms with Crippen molar-refractivity contribution in [2.45, 2.75) is 26.6 Å². The minimum atomic E-state index is -4.47. The second-order valence-corrected chi connectivity index (χ2v) is 7.12. The number of anilines is 2. The molecule has 9 heteroatoms. The number of rotatable bonds is 5. The number of nitrogens with zero attached hydrogens (tertiary/aromatic N) is 3. The summed E-state index contributed by atoms with van der Waals surface area (Å²) >= 11 is 6.12. The average Bonchev–Trinajstić information content (AvgIpc) is 3.06. The van der Waals surface area contributed by atoms with Crippen LogP contribution in [0.1, 0.15) is 18.1 Å². The molecule has 0 bridgehead atoms. The number of fused-ring (bicyclic) bond motifs is 1. The van der Waals surface area contributed by atoms with Crippen LogP contribution in [-0.4, -0.2) is 34.0 Å². The highest BCUT2D eigenvalue weighted by Crippen LogP contribution is 2.37. The summed E-state index contributed by atoms with van der Waals surface area (Å²) in [5, 5.41) is 3.73. The van der Waals surface area contributed by atoms with Crippen molar-refractivity contribution in [3.05, 3.63) is 52.8 Å². The number of carbonyl (C=O) groups is 1. The van der Waals surface area contributed by atoms with Crippen LogP contribution in [0.3, 0.4) is 0 Å². The van der Waals surface area contributed by atoms with Crippen LogP contribution in [0.15, 0.2) is 36.7 Å². The van der Waals surface area contributed by atoms with Crippen LogP contribution in [0.25, 0.3) is 10.9 Å². The molecule has 154 valence electrons. The van der Waals surface area contributed by atoms with E-state index < -0.39 is 11.7 Å². The Labute approximate surface area is 171 Å². The zero-order valence-electron chi connectivity index (χ0n) is 16.1. The first kappa shape index (κ1) is 21.0. The molecule has 0 spiro atoms. The molecule has 3 rings (SSSR count). The van der Waals surface area contributed by atoms with E-state index in [0.29, 0.717) is 23.6 Å². The number of halogens is 4. The first-order valence-electron chi connectivity index (χ1n) is 8.94. The number of amides is 1. The van der Waals surface area contributed by atoms with Gasteiger partial charge in [0.15, 0.2) is 0 Å². The molecule has 2 heterocycles. The molecule has 0 fully saturated rings. The fourth-order valence-electron chi connectivity index (χ4n) is 2.99. The van der Waals surface area contributed by atoms with Crippen molar-refractivity contribution in [3.63, 3.8) is 0 Å². The van der Waals surface area contributed by atoms with Crippen molar-refractivity contribution in [3.8, 4) is 0 Å². The largest absolute Gasteiger partial charge is 0.416 e. The summed E-state index contributed by atoms with van der Waals surface area (Å²) in [6, 6.07) is 5.51. The SMILES string of the molecule is CCN(C)C(=O)Cn1ccc2c(Nc3c(C)cc(C(F)(F)F)cc3Cl)nccc21. The van der Waals surface area contributed by atoms with E-state index in [-0.39, 0.29) is 17.5 Å². The van der Waals surface area contributed by atoms with Gasteiger partial charge in [-0.25, -0.2) is 4.98 Å². The Kier molecular flexibility index (Phi) is 5.75. The van der Waals surface area contributed by atoms with Gasteiger partial charge >= 0.3 is 6.18 Å². The number of hydrogen-bond acceptors (Lipinski definition) is 3. The van der Waals surface area contributed by atoms with Crippen molar-refractivity contribution in [2.75, 3.05) is 18.9 Å². The van der Waals surface area contributed by atoms with Gasteiger partial charge in [-0.3, -0.25) is 4.79 Å². The van der Waals surface area contributed by atoms with Crippen LogP contribution in [0, 0.1) is 6.92 Å². The quantitative estimate of drug-likeness (QED) is 0.609. The summed E-state index contributed by atoms with van der Waals surface area (Å²) in [7, 11) is 1.73. The number of aryl methyl sites for hydroxylation is 1. The molecule has 0 aliphatic rings. The molecule has 1 N–H and O–H groups in total. The summed E-state index contributed by atoms with van der Waals surface area (Å²) in [6.45, 7) is 4.23. The monoisotopic (exact) mass is 424 g/mol. The molecule has 0 saturated heterocycles. The highest BCUT2D eigenvalue weighted by molar-refractivity contribution is 6.33. The fraction of sp³-hybridized carbons (Fsp3) is 0.300. The fourth-order valence-corrected chi connectivity index (χ4v) is 3.30. The predicted octanol–water partition coefficient (Wildman–Crippen LogP) is 5.24. The second kappa shape index (κ2) is 7.94. The number of nitrogens with one attached hydrogen (secondary N) is 1. The summed E-state index contributed by atoms with van der Waals surface area (Å²) in [5.74, 6) is 0.417. The summed E-state index contributed by atoms with van der Waals surface area (Å²) in [5.41, 5.74) is 0.680. The molecule has 0 atom stereocenters. The number of carbonyl (C=O) groups excluding carboxylic acids is 1. The lowest BCUT2D eigenvalue weighted by molar-refractivity contribution is -0.137. The zero-order valence-corrected chi connectivity index (χ0v) is 16.9.